The zero-order valence-corrected chi connectivity index (χ0v) is 16.2. The minimum Gasteiger partial charge on any atom is -0.507 e. The van der Waals surface area contributed by atoms with Gasteiger partial charge >= 0.3 is 5.63 Å². The Labute approximate surface area is 175 Å². The van der Waals surface area contributed by atoms with Crippen molar-refractivity contribution in [3.8, 4) is 28.7 Å². The summed E-state index contributed by atoms with van der Waals surface area (Å²) in [5.74, 6) is -2.39. The van der Waals surface area contributed by atoms with Gasteiger partial charge in [-0.1, -0.05) is 18.2 Å². The molecule has 0 aliphatic rings. The molecular weight excluding hydrogens is 404 g/mol. The van der Waals surface area contributed by atoms with Crippen molar-refractivity contribution in [2.75, 3.05) is 0 Å². The van der Waals surface area contributed by atoms with E-state index in [2.05, 4.69) is 0 Å². The molecule has 31 heavy (non-hydrogen) atoms. The highest BCUT2D eigenvalue weighted by Crippen LogP contribution is 2.30. The van der Waals surface area contributed by atoms with Gasteiger partial charge in [0.1, 0.15) is 17.1 Å². The number of carbonyl (C=O) groups excluding carboxylic acids is 1. The first-order valence-electron chi connectivity index (χ1n) is 8.98. The second-order valence-electron chi connectivity index (χ2n) is 6.64. The molecule has 0 spiro atoms. The average Bonchev–Trinajstić information content (AvgIpc) is 2.70. The van der Waals surface area contributed by atoms with Crippen LogP contribution in [0.2, 0.25) is 0 Å². The number of hydrogen-bond donors (Lipinski definition) is 5. The number of rotatable bonds is 5. The first-order chi connectivity index (χ1) is 14.7. The van der Waals surface area contributed by atoms with E-state index in [9.17, 15) is 35.1 Å². The zero-order chi connectivity index (χ0) is 22.7. The Morgan fingerprint density at radius 1 is 0.774 bits per heavy atom. The highest BCUT2D eigenvalue weighted by atomic mass is 16.4. The van der Waals surface area contributed by atoms with Crippen LogP contribution >= 0.6 is 0 Å². The van der Waals surface area contributed by atoms with Crippen LogP contribution in [0.4, 0.5) is 0 Å². The molecule has 1 heterocycles. The third kappa shape index (κ3) is 4.76. The lowest BCUT2D eigenvalue weighted by Gasteiger charge is -2.07. The van der Waals surface area contributed by atoms with E-state index in [4.69, 9.17) is 4.42 Å². The second kappa shape index (κ2) is 8.50. The predicted molar refractivity (Wildman–Crippen MR) is 114 cm³/mol. The molecule has 0 atom stereocenters. The fraction of sp³-hybridized carbons (Fsp3) is 0.0435. The SMILES string of the molecule is CC(=O)/C(=C\c1ccc(O)c(O)c1)c1c(O)cc(/C=C/c2ccc(O)c(O)c2)oc1=O. The van der Waals surface area contributed by atoms with E-state index in [1.54, 1.807) is 0 Å². The van der Waals surface area contributed by atoms with Gasteiger partial charge in [-0.25, -0.2) is 4.79 Å². The number of ketones is 1. The topological polar surface area (TPSA) is 148 Å². The minimum absolute atomic E-state index is 0.0102. The molecule has 1 aromatic heterocycles. The van der Waals surface area contributed by atoms with Crippen molar-refractivity contribution in [1.29, 1.82) is 0 Å². The zero-order valence-electron chi connectivity index (χ0n) is 16.2. The quantitative estimate of drug-likeness (QED) is 0.310. The van der Waals surface area contributed by atoms with Crippen LogP contribution in [0.3, 0.4) is 0 Å². The van der Waals surface area contributed by atoms with Crippen molar-refractivity contribution in [1.82, 2.24) is 0 Å². The summed E-state index contributed by atoms with van der Waals surface area (Å²) in [7, 11) is 0. The van der Waals surface area contributed by atoms with Crippen molar-refractivity contribution in [3.63, 3.8) is 0 Å². The van der Waals surface area contributed by atoms with Gasteiger partial charge < -0.3 is 29.9 Å². The molecule has 0 bridgehead atoms. The molecule has 5 N–H and O–H groups in total. The van der Waals surface area contributed by atoms with Crippen LogP contribution in [-0.2, 0) is 4.79 Å². The fourth-order valence-electron chi connectivity index (χ4n) is 2.80. The number of carbonyl (C=O) groups is 1. The number of Topliss-reactive ketones (excluding diaryl/α,β-unsaturated/α-hetero) is 1. The average molecular weight is 422 g/mol. The summed E-state index contributed by atoms with van der Waals surface area (Å²) in [6.07, 6.45) is 4.13. The van der Waals surface area contributed by atoms with E-state index in [0.29, 0.717) is 11.1 Å². The summed E-state index contributed by atoms with van der Waals surface area (Å²) in [5.41, 5.74) is -0.638. The first-order valence-corrected chi connectivity index (χ1v) is 8.98. The van der Waals surface area contributed by atoms with Gasteiger partial charge in [0.25, 0.3) is 0 Å². The van der Waals surface area contributed by atoms with Crippen molar-refractivity contribution < 1.29 is 34.7 Å². The molecule has 0 saturated heterocycles. The fourth-order valence-corrected chi connectivity index (χ4v) is 2.80. The van der Waals surface area contributed by atoms with Crippen LogP contribution < -0.4 is 5.63 Å². The summed E-state index contributed by atoms with van der Waals surface area (Å²) < 4.78 is 5.18. The number of phenolic OH excluding ortho intramolecular Hbond substituents is 4. The molecule has 0 saturated carbocycles. The first kappa shape index (κ1) is 21.3. The lowest BCUT2D eigenvalue weighted by molar-refractivity contribution is -0.111. The van der Waals surface area contributed by atoms with Crippen LogP contribution in [0.25, 0.3) is 23.8 Å². The minimum atomic E-state index is -0.961. The molecule has 3 rings (SSSR count). The van der Waals surface area contributed by atoms with E-state index in [1.807, 2.05) is 0 Å². The van der Waals surface area contributed by atoms with E-state index in [1.165, 1.54) is 61.5 Å². The number of hydrogen-bond acceptors (Lipinski definition) is 8. The largest absolute Gasteiger partial charge is 0.507 e. The van der Waals surface area contributed by atoms with Crippen LogP contribution in [0.5, 0.6) is 28.7 Å². The van der Waals surface area contributed by atoms with Gasteiger partial charge in [0.05, 0.1) is 0 Å². The summed E-state index contributed by atoms with van der Waals surface area (Å²) in [6.45, 7) is 1.20. The van der Waals surface area contributed by atoms with Crippen LogP contribution in [-0.4, -0.2) is 31.3 Å². The van der Waals surface area contributed by atoms with Gasteiger partial charge in [-0.2, -0.15) is 0 Å². The monoisotopic (exact) mass is 422 g/mol. The third-order valence-corrected chi connectivity index (χ3v) is 4.35. The van der Waals surface area contributed by atoms with Gasteiger partial charge in [0.15, 0.2) is 28.8 Å². The Bertz CT molecular complexity index is 1280. The van der Waals surface area contributed by atoms with Gasteiger partial charge in [0, 0.05) is 11.6 Å². The molecule has 0 fully saturated rings. The van der Waals surface area contributed by atoms with Gasteiger partial charge in [0.2, 0.25) is 0 Å². The third-order valence-electron chi connectivity index (χ3n) is 4.35. The molecule has 0 unspecified atom stereocenters. The van der Waals surface area contributed by atoms with Crippen molar-refractivity contribution in [2.45, 2.75) is 6.92 Å². The number of benzene rings is 2. The lowest BCUT2D eigenvalue weighted by Crippen LogP contribution is -2.11. The maximum atomic E-state index is 12.5. The van der Waals surface area contributed by atoms with Crippen LogP contribution in [0, 0.1) is 0 Å². The molecule has 0 amide bonds. The summed E-state index contributed by atoms with van der Waals surface area (Å²) in [5, 5.41) is 48.3. The normalized spacial score (nSPS) is 11.7. The molecule has 158 valence electrons. The Morgan fingerprint density at radius 3 is 1.90 bits per heavy atom. The molecular formula is C23H18O8. The smallest absolute Gasteiger partial charge is 0.348 e. The maximum Gasteiger partial charge on any atom is 0.348 e. The highest BCUT2D eigenvalue weighted by molar-refractivity contribution is 6.24. The summed E-state index contributed by atoms with van der Waals surface area (Å²) in [4.78, 5) is 24.6. The van der Waals surface area contributed by atoms with E-state index in [0.717, 1.165) is 6.07 Å². The number of phenols is 4. The van der Waals surface area contributed by atoms with E-state index < -0.39 is 22.9 Å². The standard InChI is InChI=1S/C23H18O8/c1-12(24)16(8-14-4-7-18(26)20(28)10-14)22-21(29)11-15(31-23(22)30)5-2-13-3-6-17(25)19(27)9-13/h2-11,25-29H,1H3/b5-2+,16-8+. The van der Waals surface area contributed by atoms with Crippen LogP contribution in [0.1, 0.15) is 29.4 Å². The highest BCUT2D eigenvalue weighted by Gasteiger charge is 2.19. The Hall–Kier alpha value is -4.46. The van der Waals surface area contributed by atoms with Crippen molar-refractivity contribution in [2.24, 2.45) is 0 Å². The summed E-state index contributed by atoms with van der Waals surface area (Å²) in [6, 6.07) is 9.08. The van der Waals surface area contributed by atoms with Crippen molar-refractivity contribution >= 4 is 29.6 Å². The molecule has 3 aromatic rings. The summed E-state index contributed by atoms with van der Waals surface area (Å²) >= 11 is 0. The molecule has 0 aliphatic carbocycles. The number of aromatic hydroxyl groups is 5. The Kier molecular flexibility index (Phi) is 5.83. The van der Waals surface area contributed by atoms with Gasteiger partial charge in [-0.15, -0.1) is 0 Å². The second-order valence-corrected chi connectivity index (χ2v) is 6.64. The molecule has 8 heteroatoms. The van der Waals surface area contributed by atoms with E-state index >= 15 is 0 Å². The Morgan fingerprint density at radius 2 is 1.35 bits per heavy atom. The van der Waals surface area contributed by atoms with E-state index in [-0.39, 0.29) is 34.1 Å². The van der Waals surface area contributed by atoms with Gasteiger partial charge in [-0.3, -0.25) is 4.79 Å². The number of allylic oxidation sites excluding steroid dienone is 1. The van der Waals surface area contributed by atoms with Crippen LogP contribution in [0.15, 0.2) is 51.7 Å². The lowest BCUT2D eigenvalue weighted by atomic mass is 10.00. The van der Waals surface area contributed by atoms with Crippen molar-refractivity contribution in [3.05, 3.63) is 75.3 Å². The Balaban J connectivity index is 2.01. The molecule has 0 radical (unpaired) electrons. The molecule has 2 aromatic carbocycles. The van der Waals surface area contributed by atoms with Gasteiger partial charge in [-0.05, 0) is 54.5 Å². The molecule has 0 aliphatic heterocycles. The predicted octanol–water partition coefficient (Wildman–Crippen LogP) is 3.47. The maximum absolute atomic E-state index is 12.5. The molecule has 8 nitrogen and oxygen atoms in total.